The van der Waals surface area contributed by atoms with Crippen molar-refractivity contribution in [1.82, 2.24) is 4.72 Å². The summed E-state index contributed by atoms with van der Waals surface area (Å²) in [6.07, 6.45) is -1.02. The van der Waals surface area contributed by atoms with E-state index in [4.69, 9.17) is 0 Å². The molecule has 1 amide bonds. The number of carbonyl (C=O) groups excluding carboxylic acids is 1. The molecule has 1 N–H and O–H groups in total. The molecule has 0 aliphatic carbocycles. The Bertz CT molecular complexity index is 771. The van der Waals surface area contributed by atoms with Crippen molar-refractivity contribution in [2.45, 2.75) is 6.92 Å². The number of sulfonamides is 1. The second kappa shape index (κ2) is 7.11. The summed E-state index contributed by atoms with van der Waals surface area (Å²) in [5.74, 6) is 0. The van der Waals surface area contributed by atoms with Crippen LogP contribution in [0.1, 0.15) is 18.1 Å². The molecule has 0 spiro atoms. The molecule has 0 unspecified atom stereocenters. The third-order valence-corrected chi connectivity index (χ3v) is 4.73. The molecule has 0 aliphatic heterocycles. The van der Waals surface area contributed by atoms with E-state index in [1.165, 1.54) is 6.92 Å². The number of benzene rings is 2. The average Bonchev–Trinajstić information content (AvgIpc) is 2.56. The maximum absolute atomic E-state index is 12.4. The molecule has 0 aliphatic rings. The van der Waals surface area contributed by atoms with E-state index in [2.05, 4.69) is 4.74 Å². The predicted octanol–water partition coefficient (Wildman–Crippen LogP) is 3.15. The number of allylic oxidation sites excluding steroid dienone is 1. The van der Waals surface area contributed by atoms with Gasteiger partial charge >= 0.3 is 6.09 Å². The number of carbonyl (C=O) groups is 1. The summed E-state index contributed by atoms with van der Waals surface area (Å²) in [6, 6.07) is 18.3. The average molecular weight is 331 g/mol. The van der Waals surface area contributed by atoms with Crippen molar-refractivity contribution in [3.05, 3.63) is 76.7 Å². The molecule has 2 rings (SSSR count). The summed E-state index contributed by atoms with van der Waals surface area (Å²) in [6.45, 7) is 1.46. The Balaban J connectivity index is 2.64. The minimum absolute atomic E-state index is 0.0419. The largest absolute Gasteiger partial charge is 0.452 e. The number of ether oxygens (including phenoxy) is 1. The maximum Gasteiger partial charge on any atom is 0.420 e. The van der Waals surface area contributed by atoms with Crippen LogP contribution in [0.15, 0.2) is 65.6 Å². The van der Waals surface area contributed by atoms with Crippen LogP contribution in [-0.2, 0) is 14.8 Å². The smallest absolute Gasteiger partial charge is 0.420 e. The highest BCUT2D eigenvalue weighted by atomic mass is 32.2. The molecule has 120 valence electrons. The van der Waals surface area contributed by atoms with E-state index in [9.17, 15) is 13.2 Å². The first-order valence-corrected chi connectivity index (χ1v) is 8.36. The number of hydrogen-bond donors (Lipinski definition) is 1. The summed E-state index contributed by atoms with van der Waals surface area (Å²) in [5.41, 5.74) is 2.01. The highest BCUT2D eigenvalue weighted by Crippen LogP contribution is 2.28. The van der Waals surface area contributed by atoms with E-state index in [1.54, 1.807) is 0 Å². The lowest BCUT2D eigenvalue weighted by Crippen LogP contribution is -2.31. The van der Waals surface area contributed by atoms with E-state index in [1.807, 2.05) is 65.4 Å². The zero-order chi connectivity index (χ0) is 16.9. The lowest BCUT2D eigenvalue weighted by Gasteiger charge is -2.14. The Kier molecular flexibility index (Phi) is 5.18. The quantitative estimate of drug-likeness (QED) is 0.934. The standard InChI is InChI=1S/C17H17NO4S/c1-13(23(20,21)18-17(19)22-2)16(14-9-5-3-6-10-14)15-11-7-4-8-12-15/h3-12H,1-2H3,(H,18,19). The fraction of sp³-hybridized carbons (Fsp3) is 0.118. The fourth-order valence-electron chi connectivity index (χ4n) is 2.15. The van der Waals surface area contributed by atoms with Crippen molar-refractivity contribution >= 4 is 21.7 Å². The van der Waals surface area contributed by atoms with E-state index in [0.717, 1.165) is 18.2 Å². The van der Waals surface area contributed by atoms with Crippen LogP contribution >= 0.6 is 0 Å². The minimum Gasteiger partial charge on any atom is -0.452 e. The molecule has 6 heteroatoms. The van der Waals surface area contributed by atoms with Crippen LogP contribution in [0.4, 0.5) is 4.79 Å². The van der Waals surface area contributed by atoms with Crippen molar-refractivity contribution in [3.8, 4) is 0 Å². The highest BCUT2D eigenvalue weighted by Gasteiger charge is 2.22. The van der Waals surface area contributed by atoms with Crippen molar-refractivity contribution in [3.63, 3.8) is 0 Å². The molecule has 5 nitrogen and oxygen atoms in total. The number of amides is 1. The maximum atomic E-state index is 12.4. The van der Waals surface area contributed by atoms with Gasteiger partial charge in [-0.15, -0.1) is 0 Å². The molecule has 0 heterocycles. The molecule has 0 aromatic heterocycles. The molecule has 23 heavy (non-hydrogen) atoms. The summed E-state index contributed by atoms with van der Waals surface area (Å²) in [4.78, 5) is 11.3. The first-order chi connectivity index (χ1) is 11.0. The Labute approximate surface area is 135 Å². The number of methoxy groups -OCH3 is 1. The fourth-order valence-corrected chi connectivity index (χ4v) is 3.11. The van der Waals surface area contributed by atoms with Crippen LogP contribution < -0.4 is 4.72 Å². The predicted molar refractivity (Wildman–Crippen MR) is 89.0 cm³/mol. The van der Waals surface area contributed by atoms with Gasteiger partial charge in [-0.1, -0.05) is 60.7 Å². The summed E-state index contributed by atoms with van der Waals surface area (Å²) in [5, 5.41) is 0. The van der Waals surface area contributed by atoms with Gasteiger partial charge in [-0.05, 0) is 18.1 Å². The number of rotatable bonds is 4. The minimum atomic E-state index is -4.01. The molecule has 0 atom stereocenters. The first kappa shape index (κ1) is 16.8. The van der Waals surface area contributed by atoms with Crippen molar-refractivity contribution in [2.75, 3.05) is 7.11 Å². The molecule has 0 bridgehead atoms. The van der Waals surface area contributed by atoms with E-state index < -0.39 is 16.1 Å². The molecule has 0 saturated carbocycles. The van der Waals surface area contributed by atoms with Crippen molar-refractivity contribution in [2.24, 2.45) is 0 Å². The summed E-state index contributed by atoms with van der Waals surface area (Å²) >= 11 is 0. The zero-order valence-electron chi connectivity index (χ0n) is 12.8. The number of hydrogen-bond acceptors (Lipinski definition) is 4. The summed E-state index contributed by atoms with van der Waals surface area (Å²) in [7, 11) is -2.90. The van der Waals surface area contributed by atoms with Gasteiger partial charge in [0.05, 0.1) is 12.0 Å². The van der Waals surface area contributed by atoms with Gasteiger partial charge in [-0.2, -0.15) is 0 Å². The monoisotopic (exact) mass is 331 g/mol. The van der Waals surface area contributed by atoms with Crippen molar-refractivity contribution < 1.29 is 17.9 Å². The van der Waals surface area contributed by atoms with Crippen LogP contribution in [0, 0.1) is 0 Å². The molecular formula is C17H17NO4S. The van der Waals surface area contributed by atoms with Crippen molar-refractivity contribution in [1.29, 1.82) is 0 Å². The van der Waals surface area contributed by atoms with Gasteiger partial charge in [0.2, 0.25) is 0 Å². The third kappa shape index (κ3) is 3.98. The van der Waals surface area contributed by atoms with Gasteiger partial charge in [0.1, 0.15) is 0 Å². The molecule has 2 aromatic rings. The normalized spacial score (nSPS) is 10.7. The molecule has 0 fully saturated rings. The lowest BCUT2D eigenvalue weighted by molar-refractivity contribution is 0.178. The van der Waals surface area contributed by atoms with E-state index in [0.29, 0.717) is 5.57 Å². The number of nitrogens with one attached hydrogen (secondary N) is 1. The molecule has 0 radical (unpaired) electrons. The third-order valence-electron chi connectivity index (χ3n) is 3.28. The summed E-state index contributed by atoms with van der Waals surface area (Å²) < 4.78 is 31.1. The van der Waals surface area contributed by atoms with E-state index in [-0.39, 0.29) is 4.91 Å². The second-order valence-electron chi connectivity index (χ2n) is 4.76. The Morgan fingerprint density at radius 1 is 0.913 bits per heavy atom. The van der Waals surface area contributed by atoms with Crippen LogP contribution in [0.2, 0.25) is 0 Å². The molecular weight excluding hydrogens is 314 g/mol. The molecule has 2 aromatic carbocycles. The van der Waals surface area contributed by atoms with Crippen LogP contribution in [0.3, 0.4) is 0 Å². The zero-order valence-corrected chi connectivity index (χ0v) is 13.6. The topological polar surface area (TPSA) is 72.5 Å². The highest BCUT2D eigenvalue weighted by molar-refractivity contribution is 7.94. The second-order valence-corrected chi connectivity index (χ2v) is 6.58. The van der Waals surface area contributed by atoms with Gasteiger partial charge in [0, 0.05) is 5.57 Å². The SMILES string of the molecule is COC(=O)NS(=O)(=O)C(C)=C(c1ccccc1)c1ccccc1. The van der Waals surface area contributed by atoms with Gasteiger partial charge in [0.15, 0.2) is 0 Å². The lowest BCUT2D eigenvalue weighted by atomic mass is 9.98. The van der Waals surface area contributed by atoms with Crippen LogP contribution in [0.5, 0.6) is 0 Å². The Morgan fingerprint density at radius 3 is 1.74 bits per heavy atom. The van der Waals surface area contributed by atoms with Crippen LogP contribution in [-0.4, -0.2) is 21.6 Å². The first-order valence-electron chi connectivity index (χ1n) is 6.88. The molecule has 0 saturated heterocycles. The van der Waals surface area contributed by atoms with Crippen LogP contribution in [0.25, 0.3) is 5.57 Å². The Morgan fingerprint density at radius 2 is 1.35 bits per heavy atom. The van der Waals surface area contributed by atoms with E-state index >= 15 is 0 Å². The van der Waals surface area contributed by atoms with Gasteiger partial charge in [-0.25, -0.2) is 17.9 Å². The van der Waals surface area contributed by atoms with Gasteiger partial charge in [0.25, 0.3) is 10.0 Å². The Hall–Kier alpha value is -2.60. The van der Waals surface area contributed by atoms with Gasteiger partial charge in [-0.3, -0.25) is 0 Å². The van der Waals surface area contributed by atoms with Gasteiger partial charge < -0.3 is 4.74 Å².